The van der Waals surface area contributed by atoms with Gasteiger partial charge in [-0.3, -0.25) is 5.43 Å². The van der Waals surface area contributed by atoms with Crippen LogP contribution in [0.4, 0.5) is 5.69 Å². The van der Waals surface area contributed by atoms with Gasteiger partial charge in [0.1, 0.15) is 11.5 Å². The van der Waals surface area contributed by atoms with Gasteiger partial charge in [0, 0.05) is 0 Å². The molecule has 0 unspecified atom stereocenters. The van der Waals surface area contributed by atoms with Crippen LogP contribution in [-0.4, -0.2) is 25.0 Å². The lowest BCUT2D eigenvalue weighted by atomic mass is 10.0. The van der Waals surface area contributed by atoms with Crippen molar-refractivity contribution < 1.29 is 9.47 Å². The zero-order valence-corrected chi connectivity index (χ0v) is 16.3. The molecule has 0 radical (unpaired) electrons. The maximum atomic E-state index is 5.32. The van der Waals surface area contributed by atoms with Crippen molar-refractivity contribution >= 4 is 39.5 Å². The Hall–Kier alpha value is -3.12. The van der Waals surface area contributed by atoms with E-state index in [-0.39, 0.29) is 0 Å². The highest BCUT2D eigenvalue weighted by Crippen LogP contribution is 2.23. The van der Waals surface area contributed by atoms with Crippen LogP contribution >= 0.6 is 12.2 Å². The third kappa shape index (κ3) is 4.54. The molecule has 0 spiro atoms. The average Bonchev–Trinajstić information content (AvgIpc) is 2.71. The fourth-order valence-corrected chi connectivity index (χ4v) is 2.83. The number of benzene rings is 3. The van der Waals surface area contributed by atoms with Gasteiger partial charge in [-0.1, -0.05) is 30.3 Å². The first-order chi connectivity index (χ1) is 13.1. The van der Waals surface area contributed by atoms with Crippen molar-refractivity contribution in [3.63, 3.8) is 0 Å². The van der Waals surface area contributed by atoms with Gasteiger partial charge in [0.15, 0.2) is 5.11 Å². The molecule has 6 heteroatoms. The summed E-state index contributed by atoms with van der Waals surface area (Å²) in [4.78, 5) is 0. The number of nitrogens with one attached hydrogen (secondary N) is 2. The van der Waals surface area contributed by atoms with Gasteiger partial charge in [0.2, 0.25) is 0 Å². The summed E-state index contributed by atoms with van der Waals surface area (Å²) in [5.74, 6) is 1.56. The molecular formula is C21H21N3O2S. The largest absolute Gasteiger partial charge is 0.497 e. The van der Waals surface area contributed by atoms with Gasteiger partial charge in [-0.25, -0.2) is 0 Å². The van der Waals surface area contributed by atoms with Crippen molar-refractivity contribution in [2.24, 2.45) is 5.10 Å². The van der Waals surface area contributed by atoms with Crippen molar-refractivity contribution in [3.05, 3.63) is 66.2 Å². The Balaban J connectivity index is 1.71. The Kier molecular flexibility index (Phi) is 5.88. The summed E-state index contributed by atoms with van der Waals surface area (Å²) in [6.45, 7) is 1.93. The van der Waals surface area contributed by atoms with Gasteiger partial charge in [0.25, 0.3) is 0 Å². The first kappa shape index (κ1) is 18.7. The lowest BCUT2D eigenvalue weighted by molar-refractivity contribution is 0.415. The molecule has 0 saturated carbocycles. The number of hydrogen-bond acceptors (Lipinski definition) is 4. The highest BCUT2D eigenvalue weighted by molar-refractivity contribution is 7.80. The minimum absolute atomic E-state index is 0.393. The van der Waals surface area contributed by atoms with E-state index in [9.17, 15) is 0 Å². The number of ether oxygens (including phenoxy) is 2. The van der Waals surface area contributed by atoms with E-state index in [1.165, 1.54) is 0 Å². The van der Waals surface area contributed by atoms with E-state index in [2.05, 4.69) is 28.0 Å². The summed E-state index contributed by atoms with van der Waals surface area (Å²) in [6, 6.07) is 19.7. The van der Waals surface area contributed by atoms with E-state index in [1.807, 2.05) is 55.5 Å². The third-order valence-electron chi connectivity index (χ3n) is 4.15. The van der Waals surface area contributed by atoms with Gasteiger partial charge in [-0.05, 0) is 65.8 Å². The molecule has 0 heterocycles. The average molecular weight is 379 g/mol. The fourth-order valence-electron chi connectivity index (χ4n) is 2.67. The standard InChI is InChI=1S/C21H21N3O2S/c1-14(15-8-9-17-13-18(25-2)11-10-16(17)12-15)23-24-21(27)22-19-6-4-5-7-20(19)26-3/h4-13H,1-3H3,(H2,22,24,27)/b23-14-. The third-order valence-corrected chi connectivity index (χ3v) is 4.34. The molecule has 0 amide bonds. The number of hydrogen-bond donors (Lipinski definition) is 2. The molecule has 2 N–H and O–H groups in total. The molecule has 138 valence electrons. The van der Waals surface area contributed by atoms with Crippen molar-refractivity contribution in [2.75, 3.05) is 19.5 Å². The lowest BCUT2D eigenvalue weighted by Crippen LogP contribution is -2.25. The van der Waals surface area contributed by atoms with Crippen molar-refractivity contribution in [3.8, 4) is 11.5 Å². The maximum absolute atomic E-state index is 5.32. The summed E-state index contributed by atoms with van der Waals surface area (Å²) in [5.41, 5.74) is 5.51. The zero-order valence-electron chi connectivity index (χ0n) is 15.4. The summed E-state index contributed by atoms with van der Waals surface area (Å²) < 4.78 is 10.6. The molecule has 3 rings (SSSR count). The van der Waals surface area contributed by atoms with Crippen LogP contribution in [0.3, 0.4) is 0 Å². The fraction of sp³-hybridized carbons (Fsp3) is 0.143. The van der Waals surface area contributed by atoms with E-state index < -0.39 is 0 Å². The minimum atomic E-state index is 0.393. The number of nitrogens with zero attached hydrogens (tertiary/aromatic N) is 1. The molecule has 0 aliphatic rings. The number of anilines is 1. The molecule has 5 nitrogen and oxygen atoms in total. The molecule has 3 aromatic rings. The summed E-state index contributed by atoms with van der Waals surface area (Å²) in [7, 11) is 3.29. The SMILES string of the molecule is COc1ccc2cc(/C(C)=N\NC(=S)Nc3ccccc3OC)ccc2c1. The van der Waals surface area contributed by atoms with Gasteiger partial charge in [-0.15, -0.1) is 0 Å². The van der Waals surface area contributed by atoms with Crippen LogP contribution in [-0.2, 0) is 0 Å². The Morgan fingerprint density at radius 3 is 2.44 bits per heavy atom. The van der Waals surface area contributed by atoms with Crippen molar-refractivity contribution in [1.29, 1.82) is 0 Å². The van der Waals surface area contributed by atoms with Crippen LogP contribution in [0.5, 0.6) is 11.5 Å². The van der Waals surface area contributed by atoms with E-state index in [1.54, 1.807) is 14.2 Å². The normalized spacial score (nSPS) is 11.1. The number of methoxy groups -OCH3 is 2. The predicted molar refractivity (Wildman–Crippen MR) is 115 cm³/mol. The zero-order chi connectivity index (χ0) is 19.2. The second-order valence-corrected chi connectivity index (χ2v) is 6.30. The summed E-state index contributed by atoms with van der Waals surface area (Å²) >= 11 is 5.32. The topological polar surface area (TPSA) is 54.9 Å². The monoisotopic (exact) mass is 379 g/mol. The van der Waals surface area contributed by atoms with Gasteiger partial charge < -0.3 is 14.8 Å². The molecule has 3 aromatic carbocycles. The molecule has 27 heavy (non-hydrogen) atoms. The second-order valence-electron chi connectivity index (χ2n) is 5.89. The lowest BCUT2D eigenvalue weighted by Gasteiger charge is -2.11. The summed E-state index contributed by atoms with van der Waals surface area (Å²) in [5, 5.41) is 10.1. The molecular weight excluding hydrogens is 358 g/mol. The molecule has 0 aromatic heterocycles. The highest BCUT2D eigenvalue weighted by atomic mass is 32.1. The van der Waals surface area contributed by atoms with E-state index in [0.717, 1.165) is 33.5 Å². The number of rotatable bonds is 5. The summed E-state index contributed by atoms with van der Waals surface area (Å²) in [6.07, 6.45) is 0. The number of fused-ring (bicyclic) bond motifs is 1. The van der Waals surface area contributed by atoms with E-state index in [0.29, 0.717) is 10.9 Å². The molecule has 0 fully saturated rings. The quantitative estimate of drug-likeness (QED) is 0.386. The molecule has 0 atom stereocenters. The Morgan fingerprint density at radius 1 is 0.926 bits per heavy atom. The molecule has 0 bridgehead atoms. The van der Waals surface area contributed by atoms with E-state index in [4.69, 9.17) is 21.7 Å². The van der Waals surface area contributed by atoms with Crippen LogP contribution in [0.2, 0.25) is 0 Å². The van der Waals surface area contributed by atoms with Crippen LogP contribution in [0, 0.1) is 0 Å². The maximum Gasteiger partial charge on any atom is 0.191 e. The smallest absolute Gasteiger partial charge is 0.191 e. The highest BCUT2D eigenvalue weighted by Gasteiger charge is 2.05. The second kappa shape index (κ2) is 8.51. The van der Waals surface area contributed by atoms with Gasteiger partial charge in [0.05, 0.1) is 25.6 Å². The van der Waals surface area contributed by atoms with Crippen LogP contribution in [0.15, 0.2) is 65.8 Å². The van der Waals surface area contributed by atoms with Gasteiger partial charge in [-0.2, -0.15) is 5.10 Å². The molecule has 0 aliphatic carbocycles. The Bertz CT molecular complexity index is 1000. The minimum Gasteiger partial charge on any atom is -0.497 e. The molecule has 0 aliphatic heterocycles. The van der Waals surface area contributed by atoms with Crippen LogP contribution in [0.1, 0.15) is 12.5 Å². The number of thiocarbonyl (C=S) groups is 1. The first-order valence-corrected chi connectivity index (χ1v) is 8.84. The Labute approximate surface area is 164 Å². The van der Waals surface area contributed by atoms with Gasteiger partial charge >= 0.3 is 0 Å². The molecule has 0 saturated heterocycles. The number of hydrazone groups is 1. The van der Waals surface area contributed by atoms with Crippen LogP contribution < -0.4 is 20.2 Å². The first-order valence-electron chi connectivity index (χ1n) is 8.43. The Morgan fingerprint density at radius 2 is 1.67 bits per heavy atom. The van der Waals surface area contributed by atoms with Crippen molar-refractivity contribution in [1.82, 2.24) is 5.43 Å². The van der Waals surface area contributed by atoms with Crippen molar-refractivity contribution in [2.45, 2.75) is 6.92 Å². The number of para-hydroxylation sites is 2. The predicted octanol–water partition coefficient (Wildman–Crippen LogP) is 4.57. The van der Waals surface area contributed by atoms with Crippen LogP contribution in [0.25, 0.3) is 10.8 Å². The van der Waals surface area contributed by atoms with E-state index >= 15 is 0 Å².